The van der Waals surface area contributed by atoms with Gasteiger partial charge in [0.15, 0.2) is 0 Å². The molecule has 1 aliphatic carbocycles. The van der Waals surface area contributed by atoms with Crippen LogP contribution in [-0.4, -0.2) is 50.7 Å². The monoisotopic (exact) mass is 390 g/mol. The third kappa shape index (κ3) is 3.23. The van der Waals surface area contributed by atoms with Crippen molar-refractivity contribution >= 4 is 17.5 Å². The van der Waals surface area contributed by atoms with Gasteiger partial charge in [0.2, 0.25) is 5.95 Å². The number of pyridine rings is 1. The van der Waals surface area contributed by atoms with Crippen molar-refractivity contribution in [1.29, 1.82) is 0 Å². The first-order chi connectivity index (χ1) is 14.1. The van der Waals surface area contributed by atoms with Crippen LogP contribution in [0.4, 0.5) is 17.5 Å². The summed E-state index contributed by atoms with van der Waals surface area (Å²) in [5.41, 5.74) is 5.47. The molecule has 8 nitrogen and oxygen atoms in total. The Hall–Kier alpha value is -3.00. The smallest absolute Gasteiger partial charge is 0.228 e. The minimum absolute atomic E-state index is 0.336. The number of hydrogen-bond acceptors (Lipinski definition) is 7. The molecule has 1 fully saturated rings. The molecule has 2 aliphatic rings. The molecular weight excluding hydrogens is 364 g/mol. The van der Waals surface area contributed by atoms with Crippen molar-refractivity contribution in [1.82, 2.24) is 29.8 Å². The average Bonchev–Trinajstić information content (AvgIpc) is 3.23. The van der Waals surface area contributed by atoms with Gasteiger partial charge < -0.3 is 20.1 Å². The highest BCUT2D eigenvalue weighted by Crippen LogP contribution is 2.37. The lowest BCUT2D eigenvalue weighted by atomic mass is 10.2. The molecule has 0 unspecified atom stereocenters. The molecule has 8 heteroatoms. The van der Waals surface area contributed by atoms with Crippen molar-refractivity contribution in [2.24, 2.45) is 0 Å². The van der Waals surface area contributed by atoms with Gasteiger partial charge in [-0.2, -0.15) is 0 Å². The van der Waals surface area contributed by atoms with E-state index in [2.05, 4.69) is 56.9 Å². The molecule has 0 saturated carbocycles. The largest absolute Gasteiger partial charge is 0.368 e. The van der Waals surface area contributed by atoms with Crippen LogP contribution in [0.3, 0.4) is 0 Å². The van der Waals surface area contributed by atoms with Gasteiger partial charge in [0, 0.05) is 50.4 Å². The van der Waals surface area contributed by atoms with E-state index in [-0.39, 0.29) is 0 Å². The first-order valence-corrected chi connectivity index (χ1v) is 10.2. The lowest BCUT2D eigenvalue weighted by Crippen LogP contribution is -2.43. The van der Waals surface area contributed by atoms with Crippen LogP contribution in [0, 0.1) is 6.92 Å². The summed E-state index contributed by atoms with van der Waals surface area (Å²) in [7, 11) is 0. The number of nitrogens with one attached hydrogen (secondary N) is 2. The molecular formula is C21H26N8. The van der Waals surface area contributed by atoms with Crippen LogP contribution in [0.25, 0.3) is 11.4 Å². The molecule has 0 spiro atoms. The van der Waals surface area contributed by atoms with Gasteiger partial charge in [0.25, 0.3) is 0 Å². The van der Waals surface area contributed by atoms with Crippen LogP contribution in [0.5, 0.6) is 0 Å². The van der Waals surface area contributed by atoms with Crippen LogP contribution in [0.2, 0.25) is 0 Å². The summed E-state index contributed by atoms with van der Waals surface area (Å²) >= 11 is 0. The molecule has 29 heavy (non-hydrogen) atoms. The Labute approximate surface area is 170 Å². The van der Waals surface area contributed by atoms with Crippen molar-refractivity contribution in [3.8, 4) is 11.4 Å². The van der Waals surface area contributed by atoms with E-state index in [1.165, 1.54) is 0 Å². The Morgan fingerprint density at radius 3 is 2.62 bits per heavy atom. The van der Waals surface area contributed by atoms with E-state index >= 15 is 0 Å². The second kappa shape index (κ2) is 7.11. The predicted octanol–water partition coefficient (Wildman–Crippen LogP) is 2.68. The summed E-state index contributed by atoms with van der Waals surface area (Å²) in [6.07, 6.45) is 4.61. The third-order valence-electron chi connectivity index (χ3n) is 5.59. The van der Waals surface area contributed by atoms with E-state index in [1.807, 2.05) is 18.5 Å². The number of hydrogen-bond donors (Lipinski definition) is 2. The molecule has 150 valence electrons. The Bertz CT molecular complexity index is 1030. The highest BCUT2D eigenvalue weighted by molar-refractivity contribution is 5.71. The lowest BCUT2D eigenvalue weighted by molar-refractivity contribution is 0.587. The molecule has 0 aromatic carbocycles. The minimum atomic E-state index is 0.336. The fourth-order valence-corrected chi connectivity index (χ4v) is 4.28. The molecule has 0 radical (unpaired) electrons. The average molecular weight is 390 g/mol. The van der Waals surface area contributed by atoms with Gasteiger partial charge in [-0.05, 0) is 32.9 Å². The number of nitrogens with zero attached hydrogens (tertiary/aromatic N) is 6. The van der Waals surface area contributed by atoms with E-state index in [1.54, 1.807) is 0 Å². The number of fused-ring (bicyclic) bond motifs is 3. The number of imidazole rings is 1. The van der Waals surface area contributed by atoms with E-state index in [0.717, 1.165) is 72.6 Å². The molecule has 3 aromatic heterocycles. The summed E-state index contributed by atoms with van der Waals surface area (Å²) in [5, 5.41) is 6.63. The zero-order valence-electron chi connectivity index (χ0n) is 17.1. The zero-order valence-corrected chi connectivity index (χ0v) is 17.1. The third-order valence-corrected chi connectivity index (χ3v) is 5.59. The van der Waals surface area contributed by atoms with Crippen LogP contribution >= 0.6 is 0 Å². The molecule has 0 atom stereocenters. The van der Waals surface area contributed by atoms with Gasteiger partial charge in [-0.25, -0.2) is 19.9 Å². The summed E-state index contributed by atoms with van der Waals surface area (Å²) in [5.74, 6) is 2.35. The number of rotatable bonds is 4. The van der Waals surface area contributed by atoms with Gasteiger partial charge in [0.1, 0.15) is 11.6 Å². The van der Waals surface area contributed by atoms with Crippen LogP contribution < -0.4 is 15.5 Å². The number of anilines is 3. The fourth-order valence-electron chi connectivity index (χ4n) is 4.28. The van der Waals surface area contributed by atoms with Gasteiger partial charge in [-0.1, -0.05) is 0 Å². The van der Waals surface area contributed by atoms with Crippen molar-refractivity contribution < 1.29 is 0 Å². The maximum atomic E-state index is 4.82. The highest BCUT2D eigenvalue weighted by atomic mass is 15.2. The first-order valence-electron chi connectivity index (χ1n) is 10.2. The van der Waals surface area contributed by atoms with Gasteiger partial charge in [-0.3, -0.25) is 0 Å². The summed E-state index contributed by atoms with van der Waals surface area (Å²) in [6, 6.07) is 4.42. The van der Waals surface area contributed by atoms with Gasteiger partial charge in [-0.15, -0.1) is 0 Å². The topological polar surface area (TPSA) is 83.8 Å². The Morgan fingerprint density at radius 1 is 1.07 bits per heavy atom. The fraction of sp³-hybridized carbons (Fsp3) is 0.429. The zero-order chi connectivity index (χ0) is 20.0. The molecule has 5 rings (SSSR count). The quantitative estimate of drug-likeness (QED) is 0.554. The summed E-state index contributed by atoms with van der Waals surface area (Å²) < 4.78 is 2.26. The molecule has 3 aromatic rings. The molecule has 2 N–H and O–H groups in total. The lowest BCUT2D eigenvalue weighted by Gasteiger charge is -2.29. The predicted molar refractivity (Wildman–Crippen MR) is 114 cm³/mol. The minimum Gasteiger partial charge on any atom is -0.368 e. The van der Waals surface area contributed by atoms with Crippen molar-refractivity contribution in [3.05, 3.63) is 41.6 Å². The number of aryl methyl sites for hydroxylation is 1. The van der Waals surface area contributed by atoms with E-state index < -0.39 is 0 Å². The summed E-state index contributed by atoms with van der Waals surface area (Å²) in [4.78, 5) is 21.0. The highest BCUT2D eigenvalue weighted by Gasteiger charge is 2.28. The Balaban J connectivity index is 1.40. The van der Waals surface area contributed by atoms with Crippen molar-refractivity contribution in [2.75, 3.05) is 36.4 Å². The second-order valence-corrected chi connectivity index (χ2v) is 7.93. The van der Waals surface area contributed by atoms with Crippen molar-refractivity contribution in [2.45, 2.75) is 33.2 Å². The van der Waals surface area contributed by atoms with E-state index in [0.29, 0.717) is 12.0 Å². The molecule has 0 bridgehead atoms. The normalized spacial score (nSPS) is 15.5. The van der Waals surface area contributed by atoms with E-state index in [4.69, 9.17) is 9.97 Å². The molecule has 1 saturated heterocycles. The number of piperazine rings is 1. The van der Waals surface area contributed by atoms with Gasteiger partial charge in [0.05, 0.1) is 29.0 Å². The first kappa shape index (κ1) is 18.1. The number of aromatic nitrogens is 5. The van der Waals surface area contributed by atoms with Crippen molar-refractivity contribution in [3.63, 3.8) is 0 Å². The Kier molecular flexibility index (Phi) is 4.43. The SMILES string of the molecule is Cc1nc2c(n1C(C)C)-c1nc(Nc3ccc(N4CCNCC4)cn3)ncc1C2. The van der Waals surface area contributed by atoms with Gasteiger partial charge >= 0.3 is 0 Å². The van der Waals surface area contributed by atoms with E-state index in [9.17, 15) is 0 Å². The maximum Gasteiger partial charge on any atom is 0.228 e. The summed E-state index contributed by atoms with van der Waals surface area (Å²) in [6.45, 7) is 10.5. The molecule has 0 amide bonds. The van der Waals surface area contributed by atoms with Crippen LogP contribution in [0.15, 0.2) is 24.5 Å². The van der Waals surface area contributed by atoms with Crippen LogP contribution in [0.1, 0.15) is 37.0 Å². The van der Waals surface area contributed by atoms with Crippen LogP contribution in [-0.2, 0) is 6.42 Å². The molecule has 4 heterocycles. The standard InChI is InChI=1S/C21H26N8/c1-13(2)29-14(3)25-17-10-15-11-24-21(27-19(15)20(17)29)26-18-5-4-16(12-23-18)28-8-6-22-7-9-28/h4-5,11-13,22H,6-10H2,1-3H3,(H,23,24,26,27). The Morgan fingerprint density at radius 2 is 1.90 bits per heavy atom. The maximum absolute atomic E-state index is 4.82. The second-order valence-electron chi connectivity index (χ2n) is 7.93. The molecule has 1 aliphatic heterocycles.